The van der Waals surface area contributed by atoms with Gasteiger partial charge in [0.2, 0.25) is 0 Å². The number of nitrogens with one attached hydrogen (secondary N) is 1. The Morgan fingerprint density at radius 2 is 2.00 bits per heavy atom. The molecule has 1 heterocycles. The van der Waals surface area contributed by atoms with Crippen molar-refractivity contribution in [3.05, 3.63) is 18.2 Å². The lowest BCUT2D eigenvalue weighted by Gasteiger charge is -2.39. The molecule has 19 heavy (non-hydrogen) atoms. The van der Waals surface area contributed by atoms with Crippen molar-refractivity contribution in [2.24, 2.45) is 0 Å². The van der Waals surface area contributed by atoms with Crippen molar-refractivity contribution >= 4 is 0 Å². The van der Waals surface area contributed by atoms with Gasteiger partial charge in [0, 0.05) is 25.5 Å². The fraction of sp³-hybridized carbons (Fsp3) is 0.800. The minimum absolute atomic E-state index is 0.129. The largest absolute Gasteiger partial charge is 0.373 e. The third kappa shape index (κ3) is 3.37. The Labute approximate surface area is 117 Å². The van der Waals surface area contributed by atoms with Gasteiger partial charge in [0.05, 0.1) is 11.6 Å². The lowest BCUT2D eigenvalue weighted by molar-refractivity contribution is -0.0743. The topological polar surface area (TPSA) is 39.1 Å². The zero-order chi connectivity index (χ0) is 14.3. The standard InChI is InChI=1S/C15H29N3O/c1-6-11-18-12-10-17-14(18)13(16-5)15(7-2,8-3)19-9-4/h10,12-13,16H,6-9,11H2,1-5H3. The van der Waals surface area contributed by atoms with Gasteiger partial charge in [0.25, 0.3) is 0 Å². The summed E-state index contributed by atoms with van der Waals surface area (Å²) in [4.78, 5) is 4.57. The maximum absolute atomic E-state index is 6.12. The first-order valence-corrected chi connectivity index (χ1v) is 7.51. The number of aryl methyl sites for hydroxylation is 1. The normalized spacial score (nSPS) is 13.7. The second-order valence-corrected chi connectivity index (χ2v) is 4.91. The van der Waals surface area contributed by atoms with Crippen molar-refractivity contribution in [2.75, 3.05) is 13.7 Å². The van der Waals surface area contributed by atoms with Gasteiger partial charge in [-0.3, -0.25) is 0 Å². The Kier molecular flexibility index (Phi) is 6.52. The van der Waals surface area contributed by atoms with Gasteiger partial charge in [-0.2, -0.15) is 0 Å². The molecule has 4 nitrogen and oxygen atoms in total. The average molecular weight is 267 g/mol. The molecular formula is C15H29N3O. The Hall–Kier alpha value is -0.870. The molecule has 0 spiro atoms. The number of imidazole rings is 1. The second kappa shape index (κ2) is 7.65. The Morgan fingerprint density at radius 1 is 1.32 bits per heavy atom. The third-order valence-electron chi connectivity index (χ3n) is 3.91. The van der Waals surface area contributed by atoms with E-state index < -0.39 is 0 Å². The summed E-state index contributed by atoms with van der Waals surface area (Å²) in [5.41, 5.74) is -0.180. The SMILES string of the molecule is CCCn1ccnc1C(NC)C(CC)(CC)OCC. The molecule has 0 aliphatic rings. The summed E-state index contributed by atoms with van der Waals surface area (Å²) in [6.07, 6.45) is 7.01. The van der Waals surface area contributed by atoms with Gasteiger partial charge < -0.3 is 14.6 Å². The van der Waals surface area contributed by atoms with Gasteiger partial charge in [-0.25, -0.2) is 4.98 Å². The summed E-state index contributed by atoms with van der Waals surface area (Å²) < 4.78 is 8.36. The highest BCUT2D eigenvalue weighted by atomic mass is 16.5. The molecule has 110 valence electrons. The number of nitrogens with zero attached hydrogens (tertiary/aromatic N) is 2. The summed E-state index contributed by atoms with van der Waals surface area (Å²) in [5, 5.41) is 3.42. The highest BCUT2D eigenvalue weighted by molar-refractivity contribution is 5.07. The number of hydrogen-bond acceptors (Lipinski definition) is 3. The first-order chi connectivity index (χ1) is 9.18. The molecule has 0 aromatic carbocycles. The van der Waals surface area contributed by atoms with Gasteiger partial charge in [0.15, 0.2) is 0 Å². The van der Waals surface area contributed by atoms with Crippen LogP contribution in [0.3, 0.4) is 0 Å². The van der Waals surface area contributed by atoms with E-state index in [1.54, 1.807) is 0 Å². The lowest BCUT2D eigenvalue weighted by atomic mass is 9.87. The lowest BCUT2D eigenvalue weighted by Crippen LogP contribution is -2.45. The molecule has 1 N–H and O–H groups in total. The maximum atomic E-state index is 6.12. The minimum atomic E-state index is -0.180. The van der Waals surface area contributed by atoms with E-state index in [9.17, 15) is 0 Å². The van der Waals surface area contributed by atoms with Crippen molar-refractivity contribution in [3.8, 4) is 0 Å². The van der Waals surface area contributed by atoms with Crippen LogP contribution in [0, 0.1) is 0 Å². The van der Waals surface area contributed by atoms with Gasteiger partial charge in [-0.1, -0.05) is 20.8 Å². The summed E-state index contributed by atoms with van der Waals surface area (Å²) >= 11 is 0. The van der Waals surface area contributed by atoms with E-state index in [1.165, 1.54) is 0 Å². The van der Waals surface area contributed by atoms with Crippen LogP contribution < -0.4 is 5.32 Å². The monoisotopic (exact) mass is 267 g/mol. The predicted octanol–water partition coefficient (Wildman–Crippen LogP) is 3.15. The molecule has 1 aromatic heterocycles. The Bertz CT molecular complexity index is 358. The third-order valence-corrected chi connectivity index (χ3v) is 3.91. The molecule has 0 saturated heterocycles. The molecule has 4 heteroatoms. The molecule has 0 aliphatic heterocycles. The molecule has 1 atom stereocenters. The van der Waals surface area contributed by atoms with E-state index in [1.807, 2.05) is 13.2 Å². The number of rotatable bonds is 9. The predicted molar refractivity (Wildman–Crippen MR) is 79.3 cm³/mol. The van der Waals surface area contributed by atoms with Crippen molar-refractivity contribution < 1.29 is 4.74 Å². The Morgan fingerprint density at radius 3 is 2.47 bits per heavy atom. The van der Waals surface area contributed by atoms with Crippen LogP contribution in [0.15, 0.2) is 12.4 Å². The van der Waals surface area contributed by atoms with Gasteiger partial charge >= 0.3 is 0 Å². The quantitative estimate of drug-likeness (QED) is 0.747. The summed E-state index contributed by atoms with van der Waals surface area (Å²) in [6, 6.07) is 0.129. The molecule has 0 bridgehead atoms. The molecule has 0 amide bonds. The smallest absolute Gasteiger partial charge is 0.128 e. The molecule has 0 radical (unpaired) electrons. The van der Waals surface area contributed by atoms with Crippen LogP contribution in [0.4, 0.5) is 0 Å². The molecule has 1 aromatic rings. The molecule has 0 fully saturated rings. The maximum Gasteiger partial charge on any atom is 0.128 e. The minimum Gasteiger partial charge on any atom is -0.373 e. The van der Waals surface area contributed by atoms with Gasteiger partial charge in [-0.15, -0.1) is 0 Å². The molecule has 0 saturated carbocycles. The first kappa shape index (κ1) is 16.2. The molecule has 0 aliphatic carbocycles. The molecular weight excluding hydrogens is 238 g/mol. The van der Waals surface area contributed by atoms with Crippen molar-refractivity contribution in [1.82, 2.24) is 14.9 Å². The molecule has 1 rings (SSSR count). The Balaban J connectivity index is 3.11. The van der Waals surface area contributed by atoms with Crippen molar-refractivity contribution in [3.63, 3.8) is 0 Å². The van der Waals surface area contributed by atoms with E-state index in [4.69, 9.17) is 4.74 Å². The summed E-state index contributed by atoms with van der Waals surface area (Å²) in [6.45, 7) is 10.4. The van der Waals surface area contributed by atoms with Crippen molar-refractivity contribution in [2.45, 2.75) is 65.1 Å². The first-order valence-electron chi connectivity index (χ1n) is 7.51. The van der Waals surface area contributed by atoms with E-state index >= 15 is 0 Å². The highest BCUT2D eigenvalue weighted by Gasteiger charge is 2.38. The fourth-order valence-corrected chi connectivity index (χ4v) is 2.87. The van der Waals surface area contributed by atoms with Crippen molar-refractivity contribution in [1.29, 1.82) is 0 Å². The van der Waals surface area contributed by atoms with E-state index in [2.05, 4.69) is 48.8 Å². The van der Waals surface area contributed by atoms with Crippen LogP contribution >= 0.6 is 0 Å². The van der Waals surface area contributed by atoms with E-state index in [-0.39, 0.29) is 11.6 Å². The van der Waals surface area contributed by atoms with Crippen LogP contribution in [0.5, 0.6) is 0 Å². The average Bonchev–Trinajstić information content (AvgIpc) is 2.87. The van der Waals surface area contributed by atoms with Gasteiger partial charge in [-0.05, 0) is 33.2 Å². The van der Waals surface area contributed by atoms with Crippen LogP contribution in [0.25, 0.3) is 0 Å². The van der Waals surface area contributed by atoms with Crippen LogP contribution in [0.2, 0.25) is 0 Å². The molecule has 1 unspecified atom stereocenters. The number of aromatic nitrogens is 2. The number of ether oxygens (including phenoxy) is 1. The summed E-state index contributed by atoms with van der Waals surface area (Å²) in [5.74, 6) is 1.08. The van der Waals surface area contributed by atoms with Gasteiger partial charge in [0.1, 0.15) is 5.82 Å². The van der Waals surface area contributed by atoms with E-state index in [0.29, 0.717) is 0 Å². The zero-order valence-electron chi connectivity index (χ0n) is 13.1. The van der Waals surface area contributed by atoms with Crippen LogP contribution in [0.1, 0.15) is 58.8 Å². The number of hydrogen-bond donors (Lipinski definition) is 1. The van der Waals surface area contributed by atoms with E-state index in [0.717, 1.165) is 38.2 Å². The van der Waals surface area contributed by atoms with Crippen LogP contribution in [-0.2, 0) is 11.3 Å². The fourth-order valence-electron chi connectivity index (χ4n) is 2.87. The number of likely N-dealkylation sites (N-methyl/N-ethyl adjacent to an activating group) is 1. The summed E-state index contributed by atoms with van der Waals surface area (Å²) in [7, 11) is 1.99. The second-order valence-electron chi connectivity index (χ2n) is 4.91. The highest BCUT2D eigenvalue weighted by Crippen LogP contribution is 2.34. The van der Waals surface area contributed by atoms with Crippen LogP contribution in [-0.4, -0.2) is 28.8 Å². The zero-order valence-corrected chi connectivity index (χ0v) is 13.1.